The number of hydrogen-bond donors (Lipinski definition) is 1. The molecular weight excluding hydrogens is 206 g/mol. The Bertz CT molecular complexity index is 269. The van der Waals surface area contributed by atoms with Gasteiger partial charge in [-0.1, -0.05) is 19.6 Å². The minimum absolute atomic E-state index is 0.108. The summed E-state index contributed by atoms with van der Waals surface area (Å²) in [6.07, 6.45) is 5.76. The van der Waals surface area contributed by atoms with E-state index in [0.717, 1.165) is 31.8 Å². The highest BCUT2D eigenvalue weighted by Crippen LogP contribution is 2.21. The second kappa shape index (κ2) is 6.10. The van der Waals surface area contributed by atoms with Crippen LogP contribution >= 0.6 is 0 Å². The maximum Gasteiger partial charge on any atom is 0.330 e. The van der Waals surface area contributed by atoms with Gasteiger partial charge in [0, 0.05) is 6.08 Å². The Morgan fingerprint density at radius 3 is 2.50 bits per heavy atom. The maximum absolute atomic E-state index is 11.2. The summed E-state index contributed by atoms with van der Waals surface area (Å²) in [6, 6.07) is -0.108. The molecule has 88 valence electrons. The number of carbonyl (C=O) groups excluding carboxylic acids is 2. The molecule has 1 fully saturated rings. The molecule has 1 aliphatic rings. The zero-order chi connectivity index (χ0) is 12.0. The molecule has 0 aromatic rings. The molecule has 4 heteroatoms. The van der Waals surface area contributed by atoms with Crippen LogP contribution in [0.3, 0.4) is 0 Å². The predicted octanol–water partition coefficient (Wildman–Crippen LogP) is 1.33. The average Bonchev–Trinajstić information content (AvgIpc) is 2.31. The quantitative estimate of drug-likeness (QED) is 0.578. The third kappa shape index (κ3) is 3.53. The fourth-order valence-electron chi connectivity index (χ4n) is 1.84. The number of ether oxygens (including phenoxy) is 1. The van der Waals surface area contributed by atoms with E-state index in [4.69, 9.17) is 4.74 Å². The summed E-state index contributed by atoms with van der Waals surface area (Å²) in [5, 5.41) is 2.78. The third-order valence-corrected chi connectivity index (χ3v) is 2.65. The average molecular weight is 223 g/mol. The molecule has 4 nitrogen and oxygen atoms in total. The number of esters is 1. The second-order valence-corrected chi connectivity index (χ2v) is 3.78. The lowest BCUT2D eigenvalue weighted by Crippen LogP contribution is -2.46. The lowest BCUT2D eigenvalue weighted by atomic mass is 9.92. The molecule has 0 bridgehead atoms. The van der Waals surface area contributed by atoms with E-state index in [1.165, 1.54) is 6.08 Å². The summed E-state index contributed by atoms with van der Waals surface area (Å²) in [7, 11) is 0. The first kappa shape index (κ1) is 12.5. The Morgan fingerprint density at radius 2 is 1.88 bits per heavy atom. The SMILES string of the molecule is C=CC(=O)NC1CCCCC1OC(=O)C=C. The standard InChI is InChI=1S/C12H17NO3/c1-3-11(14)13-9-7-5-6-8-10(9)16-12(15)4-2/h3-4,9-10H,1-2,5-8H2,(H,13,14). The Hall–Kier alpha value is -1.58. The number of carbonyl (C=O) groups is 2. The van der Waals surface area contributed by atoms with Crippen LogP contribution in [0.25, 0.3) is 0 Å². The molecule has 0 heterocycles. The highest BCUT2D eigenvalue weighted by molar-refractivity contribution is 5.87. The molecule has 2 atom stereocenters. The molecule has 1 aliphatic carbocycles. The summed E-state index contributed by atoms with van der Waals surface area (Å²) >= 11 is 0. The fourth-order valence-corrected chi connectivity index (χ4v) is 1.84. The van der Waals surface area contributed by atoms with Crippen molar-refractivity contribution in [2.75, 3.05) is 0 Å². The monoisotopic (exact) mass is 223 g/mol. The van der Waals surface area contributed by atoms with Crippen LogP contribution in [0.4, 0.5) is 0 Å². The molecule has 0 radical (unpaired) electrons. The van der Waals surface area contributed by atoms with E-state index < -0.39 is 5.97 Å². The Labute approximate surface area is 95.4 Å². The van der Waals surface area contributed by atoms with Crippen molar-refractivity contribution in [2.24, 2.45) is 0 Å². The third-order valence-electron chi connectivity index (χ3n) is 2.65. The van der Waals surface area contributed by atoms with Crippen LogP contribution in [0.5, 0.6) is 0 Å². The van der Waals surface area contributed by atoms with Gasteiger partial charge in [-0.2, -0.15) is 0 Å². The van der Waals surface area contributed by atoms with Crippen molar-refractivity contribution >= 4 is 11.9 Å². The second-order valence-electron chi connectivity index (χ2n) is 3.78. The van der Waals surface area contributed by atoms with Gasteiger partial charge >= 0.3 is 5.97 Å². The first-order valence-corrected chi connectivity index (χ1v) is 5.43. The fraction of sp³-hybridized carbons (Fsp3) is 0.500. The lowest BCUT2D eigenvalue weighted by Gasteiger charge is -2.31. The highest BCUT2D eigenvalue weighted by Gasteiger charge is 2.28. The van der Waals surface area contributed by atoms with Crippen molar-refractivity contribution in [2.45, 2.75) is 37.8 Å². The summed E-state index contributed by atoms with van der Waals surface area (Å²) in [6.45, 7) is 6.74. The van der Waals surface area contributed by atoms with Crippen molar-refractivity contribution in [1.29, 1.82) is 0 Å². The number of amides is 1. The smallest absolute Gasteiger partial charge is 0.330 e. The molecule has 0 aromatic carbocycles. The molecule has 0 aromatic heterocycles. The molecule has 1 amide bonds. The van der Waals surface area contributed by atoms with E-state index in [2.05, 4.69) is 18.5 Å². The Kier molecular flexibility index (Phi) is 4.76. The topological polar surface area (TPSA) is 55.4 Å². The highest BCUT2D eigenvalue weighted by atomic mass is 16.5. The van der Waals surface area contributed by atoms with Gasteiger partial charge in [-0.25, -0.2) is 4.79 Å². The maximum atomic E-state index is 11.2. The van der Waals surface area contributed by atoms with Gasteiger partial charge in [0.1, 0.15) is 6.10 Å². The lowest BCUT2D eigenvalue weighted by molar-refractivity contribution is -0.146. The van der Waals surface area contributed by atoms with E-state index in [1.54, 1.807) is 0 Å². The molecule has 0 aliphatic heterocycles. The van der Waals surface area contributed by atoms with Gasteiger partial charge < -0.3 is 10.1 Å². The van der Waals surface area contributed by atoms with Gasteiger partial charge in [0.15, 0.2) is 0 Å². The van der Waals surface area contributed by atoms with E-state index >= 15 is 0 Å². The van der Waals surface area contributed by atoms with Crippen LogP contribution in [0, 0.1) is 0 Å². The molecule has 1 saturated carbocycles. The summed E-state index contributed by atoms with van der Waals surface area (Å²) < 4.78 is 5.19. The van der Waals surface area contributed by atoms with E-state index in [1.807, 2.05) is 0 Å². The first-order chi connectivity index (χ1) is 7.67. The number of rotatable bonds is 4. The van der Waals surface area contributed by atoms with Gasteiger partial charge in [0.2, 0.25) is 5.91 Å². The molecule has 0 spiro atoms. The van der Waals surface area contributed by atoms with Gasteiger partial charge in [0.25, 0.3) is 0 Å². The van der Waals surface area contributed by atoms with E-state index in [0.29, 0.717) is 0 Å². The van der Waals surface area contributed by atoms with E-state index in [-0.39, 0.29) is 18.1 Å². The van der Waals surface area contributed by atoms with Gasteiger partial charge in [0.05, 0.1) is 6.04 Å². The summed E-state index contributed by atoms with van der Waals surface area (Å²) in [4.78, 5) is 22.3. The van der Waals surface area contributed by atoms with Crippen LogP contribution in [-0.2, 0) is 14.3 Å². The van der Waals surface area contributed by atoms with Gasteiger partial charge in [-0.15, -0.1) is 0 Å². The van der Waals surface area contributed by atoms with Gasteiger partial charge in [-0.05, 0) is 25.3 Å². The molecule has 1 N–H and O–H groups in total. The molecule has 1 rings (SSSR count). The van der Waals surface area contributed by atoms with Crippen molar-refractivity contribution in [1.82, 2.24) is 5.32 Å². The molecule has 16 heavy (non-hydrogen) atoms. The van der Waals surface area contributed by atoms with Crippen LogP contribution in [0.1, 0.15) is 25.7 Å². The number of nitrogens with one attached hydrogen (secondary N) is 1. The summed E-state index contributed by atoms with van der Waals surface area (Å²) in [5.74, 6) is -0.670. The van der Waals surface area contributed by atoms with Crippen LogP contribution in [0.15, 0.2) is 25.3 Å². The summed E-state index contributed by atoms with van der Waals surface area (Å²) in [5.41, 5.74) is 0. The van der Waals surface area contributed by atoms with E-state index in [9.17, 15) is 9.59 Å². The first-order valence-electron chi connectivity index (χ1n) is 5.43. The van der Waals surface area contributed by atoms with Crippen molar-refractivity contribution in [3.8, 4) is 0 Å². The number of hydrogen-bond acceptors (Lipinski definition) is 3. The molecule has 2 unspecified atom stereocenters. The van der Waals surface area contributed by atoms with Crippen molar-refractivity contribution in [3.05, 3.63) is 25.3 Å². The molecular formula is C12H17NO3. The van der Waals surface area contributed by atoms with Crippen molar-refractivity contribution in [3.63, 3.8) is 0 Å². The minimum Gasteiger partial charge on any atom is -0.457 e. The van der Waals surface area contributed by atoms with Crippen LogP contribution in [-0.4, -0.2) is 24.0 Å². The minimum atomic E-state index is -0.440. The van der Waals surface area contributed by atoms with Crippen LogP contribution in [0.2, 0.25) is 0 Å². The normalized spacial score (nSPS) is 24.2. The Morgan fingerprint density at radius 1 is 1.19 bits per heavy atom. The predicted molar refractivity (Wildman–Crippen MR) is 60.7 cm³/mol. The van der Waals surface area contributed by atoms with Crippen LogP contribution < -0.4 is 5.32 Å². The van der Waals surface area contributed by atoms with Gasteiger partial charge in [-0.3, -0.25) is 4.79 Å². The zero-order valence-corrected chi connectivity index (χ0v) is 9.28. The molecule has 0 saturated heterocycles. The largest absolute Gasteiger partial charge is 0.457 e. The Balaban J connectivity index is 2.56. The van der Waals surface area contributed by atoms with Crippen molar-refractivity contribution < 1.29 is 14.3 Å². The zero-order valence-electron chi connectivity index (χ0n) is 9.28.